The minimum atomic E-state index is -0.382. The number of hydrogen-bond donors (Lipinski definition) is 2. The third kappa shape index (κ3) is 2.60. The van der Waals surface area contributed by atoms with Crippen LogP contribution in [0.5, 0.6) is 0 Å². The Morgan fingerprint density at radius 2 is 1.96 bits per heavy atom. The van der Waals surface area contributed by atoms with Gasteiger partial charge in [0, 0.05) is 5.54 Å². The van der Waals surface area contributed by atoms with Gasteiger partial charge in [-0.1, -0.05) is 0 Å². The standard InChI is InChI=1S/C16H17N5O3/c1-8-6-24-15(17-8)20-13(22)10-7-23-14-11(10)12(18-9(2)19-14)21-16(3)4-5-16/h6-7H,4-5H2,1-3H3,(H,17,20,22)(H,18,19,21). The summed E-state index contributed by atoms with van der Waals surface area (Å²) < 4.78 is 10.6. The van der Waals surface area contributed by atoms with Crippen LogP contribution in [0, 0.1) is 13.8 Å². The van der Waals surface area contributed by atoms with Gasteiger partial charge in [-0.15, -0.1) is 0 Å². The number of aryl methyl sites for hydroxylation is 2. The van der Waals surface area contributed by atoms with Crippen molar-refractivity contribution in [2.45, 2.75) is 39.2 Å². The molecule has 1 aliphatic carbocycles. The number of oxazole rings is 1. The summed E-state index contributed by atoms with van der Waals surface area (Å²) in [4.78, 5) is 25.3. The first-order valence-corrected chi connectivity index (χ1v) is 7.71. The van der Waals surface area contributed by atoms with Crippen LogP contribution in [-0.2, 0) is 0 Å². The first kappa shape index (κ1) is 14.7. The molecule has 0 bridgehead atoms. The molecule has 0 saturated heterocycles. The molecule has 1 saturated carbocycles. The summed E-state index contributed by atoms with van der Waals surface area (Å²) in [5.74, 6) is 0.811. The monoisotopic (exact) mass is 327 g/mol. The van der Waals surface area contributed by atoms with Crippen molar-refractivity contribution in [3.05, 3.63) is 29.6 Å². The number of hydrogen-bond acceptors (Lipinski definition) is 7. The minimum Gasteiger partial charge on any atom is -0.445 e. The van der Waals surface area contributed by atoms with Gasteiger partial charge in [0.2, 0.25) is 5.71 Å². The van der Waals surface area contributed by atoms with Gasteiger partial charge in [-0.2, -0.15) is 9.97 Å². The van der Waals surface area contributed by atoms with E-state index in [2.05, 4.69) is 32.5 Å². The van der Waals surface area contributed by atoms with Gasteiger partial charge in [-0.05, 0) is 33.6 Å². The maximum absolute atomic E-state index is 12.6. The summed E-state index contributed by atoms with van der Waals surface area (Å²) >= 11 is 0. The van der Waals surface area contributed by atoms with Crippen LogP contribution in [0.25, 0.3) is 11.1 Å². The molecule has 124 valence electrons. The number of anilines is 2. The maximum Gasteiger partial charge on any atom is 0.301 e. The fourth-order valence-corrected chi connectivity index (χ4v) is 2.48. The third-order valence-electron chi connectivity index (χ3n) is 4.05. The zero-order chi connectivity index (χ0) is 16.9. The molecular weight excluding hydrogens is 310 g/mol. The Labute approximate surface area is 137 Å². The number of carbonyl (C=O) groups excluding carboxylic acids is 1. The third-order valence-corrected chi connectivity index (χ3v) is 4.05. The fraction of sp³-hybridized carbons (Fsp3) is 0.375. The van der Waals surface area contributed by atoms with E-state index in [4.69, 9.17) is 8.83 Å². The molecule has 1 fully saturated rings. The highest BCUT2D eigenvalue weighted by Gasteiger charge is 2.38. The second-order valence-corrected chi connectivity index (χ2v) is 6.38. The summed E-state index contributed by atoms with van der Waals surface area (Å²) in [6.07, 6.45) is 4.97. The van der Waals surface area contributed by atoms with Crippen LogP contribution in [0.4, 0.5) is 11.8 Å². The second-order valence-electron chi connectivity index (χ2n) is 6.38. The number of fused-ring (bicyclic) bond motifs is 1. The molecule has 4 rings (SSSR count). The number of furan rings is 1. The van der Waals surface area contributed by atoms with E-state index in [1.54, 1.807) is 13.8 Å². The SMILES string of the molecule is Cc1coc(NC(=O)c2coc3nc(C)nc(NC4(C)CC4)c23)n1. The van der Waals surface area contributed by atoms with Crippen molar-refractivity contribution >= 4 is 28.8 Å². The van der Waals surface area contributed by atoms with E-state index in [0.717, 1.165) is 12.8 Å². The topological polar surface area (TPSA) is 106 Å². The molecule has 3 aromatic rings. The summed E-state index contributed by atoms with van der Waals surface area (Å²) in [6, 6.07) is 0.142. The quantitative estimate of drug-likeness (QED) is 0.758. The van der Waals surface area contributed by atoms with Crippen molar-refractivity contribution in [2.75, 3.05) is 10.6 Å². The lowest BCUT2D eigenvalue weighted by Gasteiger charge is -2.13. The maximum atomic E-state index is 12.6. The Kier molecular flexibility index (Phi) is 3.09. The van der Waals surface area contributed by atoms with Gasteiger partial charge >= 0.3 is 6.01 Å². The molecule has 1 aliphatic rings. The van der Waals surface area contributed by atoms with E-state index in [1.807, 2.05) is 0 Å². The van der Waals surface area contributed by atoms with E-state index < -0.39 is 0 Å². The van der Waals surface area contributed by atoms with Crippen molar-refractivity contribution in [1.82, 2.24) is 15.0 Å². The van der Waals surface area contributed by atoms with E-state index in [9.17, 15) is 4.79 Å². The van der Waals surface area contributed by atoms with Gasteiger partial charge in [0.15, 0.2) is 0 Å². The molecular formula is C16H17N5O3. The number of nitrogens with one attached hydrogen (secondary N) is 2. The molecule has 1 amide bonds. The molecule has 0 aromatic carbocycles. The van der Waals surface area contributed by atoms with Gasteiger partial charge in [0.05, 0.1) is 16.6 Å². The average Bonchev–Trinajstić information content (AvgIpc) is 2.93. The predicted molar refractivity (Wildman–Crippen MR) is 87.0 cm³/mol. The van der Waals surface area contributed by atoms with Crippen LogP contribution in [0.15, 0.2) is 21.4 Å². The zero-order valence-electron chi connectivity index (χ0n) is 13.6. The fourth-order valence-electron chi connectivity index (χ4n) is 2.48. The van der Waals surface area contributed by atoms with Crippen LogP contribution in [-0.4, -0.2) is 26.4 Å². The molecule has 3 heterocycles. The molecule has 0 unspecified atom stereocenters. The van der Waals surface area contributed by atoms with E-state index in [1.165, 1.54) is 12.5 Å². The van der Waals surface area contributed by atoms with Crippen LogP contribution >= 0.6 is 0 Å². The Hall–Kier alpha value is -2.90. The molecule has 2 N–H and O–H groups in total. The van der Waals surface area contributed by atoms with Crippen LogP contribution in [0.2, 0.25) is 0 Å². The van der Waals surface area contributed by atoms with Gasteiger partial charge in [0.25, 0.3) is 5.91 Å². The summed E-state index contributed by atoms with van der Waals surface area (Å²) in [5, 5.41) is 6.58. The Morgan fingerprint density at radius 1 is 1.17 bits per heavy atom. The largest absolute Gasteiger partial charge is 0.445 e. The number of amides is 1. The molecule has 0 atom stereocenters. The molecule has 3 aromatic heterocycles. The van der Waals surface area contributed by atoms with Gasteiger partial charge in [0.1, 0.15) is 24.2 Å². The molecule has 24 heavy (non-hydrogen) atoms. The van der Waals surface area contributed by atoms with Crippen LogP contribution < -0.4 is 10.6 Å². The molecule has 0 radical (unpaired) electrons. The summed E-state index contributed by atoms with van der Waals surface area (Å²) in [5.41, 5.74) is 1.42. The van der Waals surface area contributed by atoms with E-state index in [-0.39, 0.29) is 17.5 Å². The first-order valence-electron chi connectivity index (χ1n) is 7.71. The Morgan fingerprint density at radius 3 is 2.62 bits per heavy atom. The highest BCUT2D eigenvalue weighted by atomic mass is 16.4. The van der Waals surface area contributed by atoms with Crippen molar-refractivity contribution in [3.8, 4) is 0 Å². The average molecular weight is 327 g/mol. The minimum absolute atomic E-state index is 0.0123. The zero-order valence-corrected chi connectivity index (χ0v) is 13.6. The number of aromatic nitrogens is 3. The Bertz CT molecular complexity index is 938. The van der Waals surface area contributed by atoms with Crippen molar-refractivity contribution in [3.63, 3.8) is 0 Å². The van der Waals surface area contributed by atoms with Crippen molar-refractivity contribution < 1.29 is 13.6 Å². The molecule has 0 spiro atoms. The predicted octanol–water partition coefficient (Wildman–Crippen LogP) is 3.04. The lowest BCUT2D eigenvalue weighted by molar-refractivity contribution is 0.102. The lowest BCUT2D eigenvalue weighted by atomic mass is 10.2. The molecule has 8 heteroatoms. The van der Waals surface area contributed by atoms with Crippen molar-refractivity contribution in [2.24, 2.45) is 0 Å². The highest BCUT2D eigenvalue weighted by molar-refractivity contribution is 6.13. The number of rotatable bonds is 4. The Balaban J connectivity index is 1.73. The van der Waals surface area contributed by atoms with Gasteiger partial charge in [-0.3, -0.25) is 10.1 Å². The number of carbonyl (C=O) groups is 1. The first-order chi connectivity index (χ1) is 11.4. The van der Waals surface area contributed by atoms with Gasteiger partial charge in [-0.25, -0.2) is 4.98 Å². The van der Waals surface area contributed by atoms with Crippen LogP contribution in [0.3, 0.4) is 0 Å². The summed E-state index contributed by atoms with van der Waals surface area (Å²) in [7, 11) is 0. The van der Waals surface area contributed by atoms with E-state index >= 15 is 0 Å². The van der Waals surface area contributed by atoms with Gasteiger partial charge < -0.3 is 14.2 Å². The van der Waals surface area contributed by atoms with Crippen LogP contribution in [0.1, 0.15) is 41.6 Å². The molecule has 0 aliphatic heterocycles. The van der Waals surface area contributed by atoms with E-state index in [0.29, 0.717) is 34.0 Å². The smallest absolute Gasteiger partial charge is 0.301 e. The molecule has 8 nitrogen and oxygen atoms in total. The normalized spacial score (nSPS) is 15.5. The number of nitrogens with zero attached hydrogens (tertiary/aromatic N) is 3. The second kappa shape index (κ2) is 5.05. The van der Waals surface area contributed by atoms with Crippen molar-refractivity contribution in [1.29, 1.82) is 0 Å². The summed E-state index contributed by atoms with van der Waals surface area (Å²) in [6.45, 7) is 5.69. The highest BCUT2D eigenvalue weighted by Crippen LogP contribution is 2.40. The lowest BCUT2D eigenvalue weighted by Crippen LogP contribution is -2.19.